The zero-order valence-corrected chi connectivity index (χ0v) is 25.6. The number of Topliss-reactive ketones (excluding diaryl/α,β-unsaturated/α-hetero) is 1. The van der Waals surface area contributed by atoms with E-state index in [9.17, 15) is 29.4 Å². The molecule has 44 heavy (non-hydrogen) atoms. The van der Waals surface area contributed by atoms with Gasteiger partial charge in [-0.1, -0.05) is 69.3 Å². The number of nitrogens with zero attached hydrogens (tertiary/aromatic N) is 1. The van der Waals surface area contributed by atoms with Crippen LogP contribution in [0.2, 0.25) is 0 Å². The highest BCUT2D eigenvalue weighted by Crippen LogP contribution is 2.44. The van der Waals surface area contributed by atoms with E-state index in [-0.39, 0.29) is 49.6 Å². The molecule has 1 saturated heterocycles. The Morgan fingerprint density at radius 3 is 2.30 bits per heavy atom. The summed E-state index contributed by atoms with van der Waals surface area (Å²) in [5.74, 6) is -2.83. The van der Waals surface area contributed by atoms with Crippen molar-refractivity contribution >= 4 is 30.1 Å². The first kappa shape index (κ1) is 34.5. The summed E-state index contributed by atoms with van der Waals surface area (Å²) in [4.78, 5) is 54.3. The van der Waals surface area contributed by atoms with E-state index < -0.39 is 41.8 Å². The van der Waals surface area contributed by atoms with Gasteiger partial charge in [0.1, 0.15) is 18.0 Å². The van der Waals surface area contributed by atoms with Crippen molar-refractivity contribution in [1.82, 2.24) is 4.90 Å². The van der Waals surface area contributed by atoms with Crippen LogP contribution in [0, 0.1) is 17.2 Å². The molecule has 2 aromatic carbocycles. The highest BCUT2D eigenvalue weighted by atomic mass is 16.6. The van der Waals surface area contributed by atoms with Crippen LogP contribution in [-0.2, 0) is 30.3 Å². The van der Waals surface area contributed by atoms with Crippen molar-refractivity contribution in [1.29, 1.82) is 5.41 Å². The van der Waals surface area contributed by atoms with Gasteiger partial charge in [0.15, 0.2) is 17.6 Å². The van der Waals surface area contributed by atoms with Crippen LogP contribution in [0.25, 0.3) is 0 Å². The lowest BCUT2D eigenvalue weighted by Gasteiger charge is -2.38. The van der Waals surface area contributed by atoms with E-state index in [4.69, 9.17) is 14.9 Å². The third-order valence-corrected chi connectivity index (χ3v) is 7.83. The van der Waals surface area contributed by atoms with E-state index in [0.29, 0.717) is 16.2 Å². The fraction of sp³-hybridized carbons (Fsp3) is 0.441. The molecule has 0 aromatic heterocycles. The van der Waals surface area contributed by atoms with Crippen molar-refractivity contribution in [2.45, 2.75) is 76.4 Å². The van der Waals surface area contributed by atoms with Gasteiger partial charge in [0, 0.05) is 25.0 Å². The Kier molecular flexibility index (Phi) is 12.3. The van der Waals surface area contributed by atoms with E-state index >= 15 is 0 Å². The summed E-state index contributed by atoms with van der Waals surface area (Å²) in [6.07, 6.45) is -0.310. The number of aliphatic hydroxyl groups excluding tert-OH is 2. The molecule has 236 valence electrons. The number of carbonyl (C=O) groups excluding carboxylic acids is 4. The molecule has 0 radical (unpaired) electrons. The number of imide groups is 1. The predicted molar refractivity (Wildman–Crippen MR) is 164 cm³/mol. The summed E-state index contributed by atoms with van der Waals surface area (Å²) in [6, 6.07) is 16.1. The minimum atomic E-state index is -2.33. The molecule has 1 aliphatic heterocycles. The molecule has 6 unspecified atom stereocenters. The van der Waals surface area contributed by atoms with Crippen LogP contribution in [-0.4, -0.2) is 76.2 Å². The molecule has 1 fully saturated rings. The first-order valence-electron chi connectivity index (χ1n) is 14.7. The summed E-state index contributed by atoms with van der Waals surface area (Å²) in [7, 11) is 1.48. The normalized spacial score (nSPS) is 19.4. The van der Waals surface area contributed by atoms with Gasteiger partial charge in [-0.05, 0) is 48.1 Å². The smallest absolute Gasteiger partial charge is 0.259 e. The van der Waals surface area contributed by atoms with Gasteiger partial charge in [-0.2, -0.15) is 0 Å². The van der Waals surface area contributed by atoms with Crippen molar-refractivity contribution in [3.05, 3.63) is 77.9 Å². The van der Waals surface area contributed by atoms with E-state index in [0.717, 1.165) is 17.9 Å². The van der Waals surface area contributed by atoms with Gasteiger partial charge in [-0.3, -0.25) is 19.3 Å². The third-order valence-electron chi connectivity index (χ3n) is 7.83. The molecule has 1 aliphatic rings. The molecule has 0 aliphatic carbocycles. The van der Waals surface area contributed by atoms with Crippen LogP contribution in [0.4, 0.5) is 0 Å². The van der Waals surface area contributed by atoms with E-state index in [1.807, 2.05) is 37.3 Å². The summed E-state index contributed by atoms with van der Waals surface area (Å²) in [6.45, 7) is 5.40. The number of epoxide rings is 1. The highest BCUT2D eigenvalue weighted by molar-refractivity contribution is 6.16. The van der Waals surface area contributed by atoms with Crippen molar-refractivity contribution in [3.8, 4) is 5.75 Å². The number of aliphatic hydroxyl groups is 2. The molecular weight excluding hydrogens is 564 g/mol. The Morgan fingerprint density at radius 1 is 1.07 bits per heavy atom. The maximum Gasteiger partial charge on any atom is 0.259 e. The largest absolute Gasteiger partial charge is 0.497 e. The van der Waals surface area contributed by atoms with Crippen LogP contribution >= 0.6 is 0 Å². The number of amides is 2. The minimum Gasteiger partial charge on any atom is -0.497 e. The molecule has 10 heteroatoms. The second-order valence-electron chi connectivity index (χ2n) is 11.6. The van der Waals surface area contributed by atoms with Crippen molar-refractivity contribution < 1.29 is 38.9 Å². The van der Waals surface area contributed by atoms with Crippen LogP contribution in [0.3, 0.4) is 0 Å². The average molecular weight is 607 g/mol. The van der Waals surface area contributed by atoms with Gasteiger partial charge >= 0.3 is 0 Å². The quantitative estimate of drug-likeness (QED) is 0.0810. The lowest BCUT2D eigenvalue weighted by atomic mass is 9.83. The summed E-state index contributed by atoms with van der Waals surface area (Å²) in [5, 5.41) is 29.1. The number of methoxy groups -OCH3 is 1. The van der Waals surface area contributed by atoms with Crippen molar-refractivity contribution in [2.24, 2.45) is 11.8 Å². The number of ether oxygens (including phenoxy) is 2. The van der Waals surface area contributed by atoms with E-state index in [1.165, 1.54) is 13.2 Å². The third kappa shape index (κ3) is 8.34. The molecular formula is C34H42N2O8. The minimum absolute atomic E-state index is 0.0112. The molecule has 2 amide bonds. The average Bonchev–Trinajstić information content (AvgIpc) is 3.82. The fourth-order valence-electron chi connectivity index (χ4n) is 5.24. The Labute approximate surface area is 258 Å². The molecule has 3 rings (SSSR count). The topological polar surface area (TPSA) is 158 Å². The van der Waals surface area contributed by atoms with Gasteiger partial charge in [0.2, 0.25) is 0 Å². The Balaban J connectivity index is 1.89. The Hall–Kier alpha value is -3.99. The SMILES string of the molecule is COc1ccc(CC(C=O)(C(=O)CC=N)N(C(=O)C=CCC(O)C(C)C2OC2c2ccccc2)C(=O)C(O)CC(C)C)cc1. The molecule has 10 nitrogen and oxygen atoms in total. The molecule has 3 N–H and O–H groups in total. The number of nitrogens with one attached hydrogen (secondary N) is 1. The fourth-order valence-corrected chi connectivity index (χ4v) is 5.24. The number of hydrogen-bond acceptors (Lipinski definition) is 9. The monoisotopic (exact) mass is 606 g/mol. The standard InChI is InChI=1S/C34H42N2O8/c1-22(2)19-28(39)33(42)36(34(21-37,29(40)17-18-35)20-24-13-15-26(43-4)16-14-24)30(41)12-8-11-27(38)23(3)31-32(44-31)25-9-6-5-7-10-25/h5-10,12-16,18,21-23,27-28,31-32,35,38-39H,11,17,19-20H2,1-4H3. The molecule has 1 heterocycles. The zero-order valence-electron chi connectivity index (χ0n) is 25.6. The second kappa shape index (κ2) is 15.7. The van der Waals surface area contributed by atoms with Gasteiger partial charge in [-0.25, -0.2) is 0 Å². The Morgan fingerprint density at radius 2 is 1.73 bits per heavy atom. The first-order chi connectivity index (χ1) is 21.0. The number of benzene rings is 2. The molecule has 2 aromatic rings. The predicted octanol–water partition coefficient (Wildman–Crippen LogP) is 3.63. The number of aldehydes is 1. The second-order valence-corrected chi connectivity index (χ2v) is 11.6. The summed E-state index contributed by atoms with van der Waals surface area (Å²) in [5.41, 5.74) is -0.877. The zero-order chi connectivity index (χ0) is 32.4. The number of carbonyl (C=O) groups is 4. The lowest BCUT2D eigenvalue weighted by Crippen LogP contribution is -2.63. The van der Waals surface area contributed by atoms with Crippen LogP contribution < -0.4 is 4.74 Å². The molecule has 0 spiro atoms. The highest BCUT2D eigenvalue weighted by Gasteiger charge is 2.50. The lowest BCUT2D eigenvalue weighted by molar-refractivity contribution is -0.162. The van der Waals surface area contributed by atoms with Gasteiger partial charge in [0.25, 0.3) is 11.8 Å². The van der Waals surface area contributed by atoms with Gasteiger partial charge in [-0.15, -0.1) is 0 Å². The number of ketones is 1. The first-order valence-corrected chi connectivity index (χ1v) is 14.7. The van der Waals surface area contributed by atoms with E-state index in [1.54, 1.807) is 38.1 Å². The summed E-state index contributed by atoms with van der Waals surface area (Å²) < 4.78 is 11.0. The Bertz CT molecular complexity index is 1330. The number of hydrogen-bond donors (Lipinski definition) is 3. The maximum atomic E-state index is 13.7. The van der Waals surface area contributed by atoms with Crippen LogP contribution in [0.1, 0.15) is 57.3 Å². The maximum absolute atomic E-state index is 13.7. The molecule has 0 saturated carbocycles. The molecule has 0 bridgehead atoms. The summed E-state index contributed by atoms with van der Waals surface area (Å²) >= 11 is 0. The molecule has 6 atom stereocenters. The van der Waals surface area contributed by atoms with Gasteiger partial charge < -0.3 is 29.9 Å². The van der Waals surface area contributed by atoms with Crippen LogP contribution in [0.5, 0.6) is 5.75 Å². The van der Waals surface area contributed by atoms with Crippen molar-refractivity contribution in [3.63, 3.8) is 0 Å². The van der Waals surface area contributed by atoms with E-state index in [2.05, 4.69) is 0 Å². The van der Waals surface area contributed by atoms with Crippen molar-refractivity contribution in [2.75, 3.05) is 7.11 Å². The van der Waals surface area contributed by atoms with Gasteiger partial charge in [0.05, 0.1) is 19.3 Å². The van der Waals surface area contributed by atoms with Crippen LogP contribution in [0.15, 0.2) is 66.7 Å². The number of rotatable bonds is 17.